The van der Waals surface area contributed by atoms with E-state index in [2.05, 4.69) is 5.32 Å². The van der Waals surface area contributed by atoms with E-state index < -0.39 is 34.7 Å². The summed E-state index contributed by atoms with van der Waals surface area (Å²) >= 11 is 0. The van der Waals surface area contributed by atoms with Crippen LogP contribution in [0.25, 0.3) is 0 Å². The first kappa shape index (κ1) is 22.4. The maximum absolute atomic E-state index is 13.7. The van der Waals surface area contributed by atoms with Crippen LogP contribution >= 0.6 is 12.4 Å². The zero-order valence-electron chi connectivity index (χ0n) is 14.4. The number of methoxy groups -OCH3 is 1. The summed E-state index contributed by atoms with van der Waals surface area (Å²) in [7, 11) is 1.57. The van der Waals surface area contributed by atoms with Crippen LogP contribution in [-0.2, 0) is 9.53 Å². The van der Waals surface area contributed by atoms with E-state index in [1.165, 1.54) is 0 Å². The van der Waals surface area contributed by atoms with Crippen LogP contribution in [0.3, 0.4) is 0 Å². The summed E-state index contributed by atoms with van der Waals surface area (Å²) in [6, 6.07) is 1.00. The minimum atomic E-state index is -1.19. The Labute approximate surface area is 156 Å². The minimum absolute atomic E-state index is 0. The highest BCUT2D eigenvalue weighted by molar-refractivity contribution is 5.98. The topological polar surface area (TPSA) is 58.6 Å². The van der Waals surface area contributed by atoms with Crippen molar-refractivity contribution in [1.82, 2.24) is 10.2 Å². The van der Waals surface area contributed by atoms with Gasteiger partial charge < -0.3 is 15.0 Å². The van der Waals surface area contributed by atoms with Gasteiger partial charge in [0, 0.05) is 44.8 Å². The van der Waals surface area contributed by atoms with Crippen LogP contribution in [0.2, 0.25) is 0 Å². The molecule has 1 aliphatic heterocycles. The van der Waals surface area contributed by atoms with E-state index in [0.29, 0.717) is 51.2 Å². The van der Waals surface area contributed by atoms with E-state index in [1.54, 1.807) is 12.0 Å². The summed E-state index contributed by atoms with van der Waals surface area (Å²) in [5.74, 6) is -4.80. The summed E-state index contributed by atoms with van der Waals surface area (Å²) in [5.41, 5.74) is -0.701. The second-order valence-corrected chi connectivity index (χ2v) is 5.93. The molecule has 1 aliphatic rings. The van der Waals surface area contributed by atoms with E-state index in [9.17, 15) is 22.8 Å². The van der Waals surface area contributed by atoms with Crippen LogP contribution in [0.1, 0.15) is 23.2 Å². The summed E-state index contributed by atoms with van der Waals surface area (Å²) in [6.45, 7) is 1.90. The van der Waals surface area contributed by atoms with E-state index in [0.717, 1.165) is 0 Å². The third-order valence-corrected chi connectivity index (χ3v) is 4.23. The molecule has 1 saturated heterocycles. The average Bonchev–Trinajstić information content (AvgIpc) is 2.57. The molecule has 1 aromatic rings. The van der Waals surface area contributed by atoms with Gasteiger partial charge in [-0.1, -0.05) is 0 Å². The fourth-order valence-corrected chi connectivity index (χ4v) is 2.85. The van der Waals surface area contributed by atoms with E-state index in [1.807, 2.05) is 0 Å². The van der Waals surface area contributed by atoms with Crippen molar-refractivity contribution in [3.8, 4) is 0 Å². The highest BCUT2D eigenvalue weighted by Gasteiger charge is 2.31. The largest absolute Gasteiger partial charge is 0.383 e. The molecule has 0 radical (unpaired) electrons. The number of ether oxygens (including phenoxy) is 1. The number of carbonyl (C=O) groups is 2. The molecular formula is C17H22ClF3N2O3. The first-order chi connectivity index (χ1) is 11.9. The molecule has 0 bridgehead atoms. The number of likely N-dealkylation sites (tertiary alicyclic amines) is 1. The summed E-state index contributed by atoms with van der Waals surface area (Å²) in [6.07, 6.45) is 0.637. The van der Waals surface area contributed by atoms with E-state index in [-0.39, 0.29) is 24.9 Å². The van der Waals surface area contributed by atoms with Gasteiger partial charge in [0.05, 0.1) is 18.7 Å². The van der Waals surface area contributed by atoms with Gasteiger partial charge in [-0.25, -0.2) is 13.2 Å². The molecule has 1 amide bonds. The number of carbonyl (C=O) groups excluding carboxylic acids is 2. The number of ketones is 1. The molecule has 2 rings (SSSR count). The standard InChI is InChI=1S/C17H21F3N2O3.ClH/c1-25-7-4-21-10-15(23)22-5-2-11(3-6-22)17(24)16-13(19)8-12(18)9-14(16)20;/h8-9,11,21H,2-7,10H2,1H3;1H. The van der Waals surface area contributed by atoms with Gasteiger partial charge in [0.25, 0.3) is 0 Å². The van der Waals surface area contributed by atoms with Crippen molar-refractivity contribution in [3.05, 3.63) is 35.1 Å². The average molecular weight is 395 g/mol. The highest BCUT2D eigenvalue weighted by atomic mass is 35.5. The molecule has 0 saturated carbocycles. The number of amides is 1. The molecule has 146 valence electrons. The lowest BCUT2D eigenvalue weighted by Gasteiger charge is -2.31. The molecule has 0 atom stereocenters. The fraction of sp³-hybridized carbons (Fsp3) is 0.529. The molecule has 1 fully saturated rings. The Morgan fingerprint density at radius 2 is 1.77 bits per heavy atom. The second kappa shape index (κ2) is 10.5. The van der Waals surface area contributed by atoms with E-state index >= 15 is 0 Å². The molecular weight excluding hydrogens is 373 g/mol. The van der Waals surface area contributed by atoms with Gasteiger partial charge in [0.15, 0.2) is 5.78 Å². The number of hydrogen-bond acceptors (Lipinski definition) is 4. The maximum Gasteiger partial charge on any atom is 0.236 e. The van der Waals surface area contributed by atoms with Crippen molar-refractivity contribution in [2.75, 3.05) is 39.9 Å². The van der Waals surface area contributed by atoms with Gasteiger partial charge in [-0.2, -0.15) is 0 Å². The normalized spacial score (nSPS) is 14.8. The second-order valence-electron chi connectivity index (χ2n) is 5.93. The van der Waals surface area contributed by atoms with Gasteiger partial charge in [-0.05, 0) is 12.8 Å². The van der Waals surface area contributed by atoms with Gasteiger partial charge >= 0.3 is 0 Å². The van der Waals surface area contributed by atoms with Crippen LogP contribution in [0, 0.1) is 23.4 Å². The number of hydrogen-bond donors (Lipinski definition) is 1. The van der Waals surface area contributed by atoms with Gasteiger partial charge in [-0.3, -0.25) is 9.59 Å². The predicted octanol–water partition coefficient (Wildman–Crippen LogP) is 2.18. The van der Waals surface area contributed by atoms with Crippen molar-refractivity contribution in [2.45, 2.75) is 12.8 Å². The Morgan fingerprint density at radius 1 is 1.19 bits per heavy atom. The third-order valence-electron chi connectivity index (χ3n) is 4.23. The molecule has 5 nitrogen and oxygen atoms in total. The molecule has 1 aromatic carbocycles. The molecule has 0 aliphatic carbocycles. The summed E-state index contributed by atoms with van der Waals surface area (Å²) < 4.78 is 45.3. The lowest BCUT2D eigenvalue weighted by molar-refractivity contribution is -0.131. The Kier molecular flexibility index (Phi) is 9.04. The third kappa shape index (κ3) is 5.69. The number of Topliss-reactive ketones (excluding diaryl/α,β-unsaturated/α-hetero) is 1. The molecule has 0 aromatic heterocycles. The van der Waals surface area contributed by atoms with Crippen LogP contribution in [0.5, 0.6) is 0 Å². The first-order valence-corrected chi connectivity index (χ1v) is 8.10. The lowest BCUT2D eigenvalue weighted by atomic mass is 9.88. The zero-order valence-corrected chi connectivity index (χ0v) is 15.2. The van der Waals surface area contributed by atoms with Gasteiger partial charge in [0.2, 0.25) is 5.91 Å². The van der Waals surface area contributed by atoms with Crippen molar-refractivity contribution in [3.63, 3.8) is 0 Å². The quantitative estimate of drug-likeness (QED) is 0.569. The summed E-state index contributed by atoms with van der Waals surface area (Å²) in [4.78, 5) is 26.0. The SMILES string of the molecule is COCCNCC(=O)N1CCC(C(=O)c2c(F)cc(F)cc2F)CC1.Cl. The smallest absolute Gasteiger partial charge is 0.236 e. The highest BCUT2D eigenvalue weighted by Crippen LogP contribution is 2.25. The monoisotopic (exact) mass is 394 g/mol. The van der Waals surface area contributed by atoms with Crippen molar-refractivity contribution in [2.24, 2.45) is 5.92 Å². The van der Waals surface area contributed by atoms with Crippen LogP contribution in [0.4, 0.5) is 13.2 Å². The van der Waals surface area contributed by atoms with Gasteiger partial charge in [0.1, 0.15) is 17.5 Å². The number of rotatable bonds is 7. The summed E-state index contributed by atoms with van der Waals surface area (Å²) in [5, 5.41) is 2.95. The first-order valence-electron chi connectivity index (χ1n) is 8.10. The van der Waals surface area contributed by atoms with Gasteiger partial charge in [-0.15, -0.1) is 12.4 Å². The number of piperidine rings is 1. The number of benzene rings is 1. The maximum atomic E-state index is 13.7. The predicted molar refractivity (Wildman–Crippen MR) is 91.9 cm³/mol. The number of nitrogens with one attached hydrogen (secondary N) is 1. The number of nitrogens with zero attached hydrogens (tertiary/aromatic N) is 1. The Bertz CT molecular complexity index is 615. The Hall–Kier alpha value is -1.64. The van der Waals surface area contributed by atoms with Crippen molar-refractivity contribution < 1.29 is 27.5 Å². The van der Waals surface area contributed by atoms with Crippen LogP contribution in [-0.4, -0.2) is 56.5 Å². The Morgan fingerprint density at radius 3 is 2.31 bits per heavy atom. The minimum Gasteiger partial charge on any atom is -0.383 e. The van der Waals surface area contributed by atoms with Crippen LogP contribution in [0.15, 0.2) is 12.1 Å². The molecule has 0 unspecified atom stereocenters. The van der Waals surface area contributed by atoms with Crippen LogP contribution < -0.4 is 5.32 Å². The molecule has 1 N–H and O–H groups in total. The van der Waals surface area contributed by atoms with Crippen molar-refractivity contribution in [1.29, 1.82) is 0 Å². The molecule has 1 heterocycles. The van der Waals surface area contributed by atoms with Crippen molar-refractivity contribution >= 4 is 24.1 Å². The molecule has 9 heteroatoms. The van der Waals surface area contributed by atoms with E-state index in [4.69, 9.17) is 4.74 Å². The molecule has 0 spiro atoms. The zero-order chi connectivity index (χ0) is 18.4. The number of halogens is 4. The fourth-order valence-electron chi connectivity index (χ4n) is 2.85. The Balaban J connectivity index is 0.00000338. The molecule has 26 heavy (non-hydrogen) atoms. The lowest BCUT2D eigenvalue weighted by Crippen LogP contribution is -2.44.